The second-order valence-electron chi connectivity index (χ2n) is 6.03. The molecule has 3 aromatic rings. The van der Waals surface area contributed by atoms with E-state index < -0.39 is 0 Å². The lowest BCUT2D eigenvalue weighted by atomic mass is 9.89. The fraction of sp³-hybridized carbons (Fsp3) is 0.182. The summed E-state index contributed by atoms with van der Waals surface area (Å²) in [5, 5.41) is 0. The molecule has 0 fully saturated rings. The minimum atomic E-state index is 1.19. The van der Waals surface area contributed by atoms with E-state index >= 15 is 0 Å². The molecule has 0 unspecified atom stereocenters. The average molecular weight is 283 g/mol. The second-order valence-corrected chi connectivity index (χ2v) is 6.03. The zero-order chi connectivity index (χ0) is 14.8. The van der Waals surface area contributed by atoms with Crippen LogP contribution in [0, 0.1) is 6.07 Å². The molecule has 0 bridgehead atoms. The van der Waals surface area contributed by atoms with Crippen LogP contribution >= 0.6 is 0 Å². The number of rotatable bonds is 2. The van der Waals surface area contributed by atoms with Crippen LogP contribution in [0.4, 0.5) is 0 Å². The van der Waals surface area contributed by atoms with Crippen molar-refractivity contribution < 1.29 is 0 Å². The highest BCUT2D eigenvalue weighted by Crippen LogP contribution is 2.28. The van der Waals surface area contributed by atoms with Crippen molar-refractivity contribution in [1.29, 1.82) is 0 Å². The van der Waals surface area contributed by atoms with Crippen LogP contribution in [0.2, 0.25) is 0 Å². The van der Waals surface area contributed by atoms with E-state index in [4.69, 9.17) is 0 Å². The average Bonchev–Trinajstić information content (AvgIpc) is 2.62. The van der Waals surface area contributed by atoms with E-state index in [1.807, 2.05) is 0 Å². The summed E-state index contributed by atoms with van der Waals surface area (Å²) >= 11 is 0. The molecule has 107 valence electrons. The molecule has 4 rings (SSSR count). The maximum absolute atomic E-state index is 3.64. The molecule has 1 radical (unpaired) electrons. The Bertz CT molecular complexity index is 767. The first-order valence-electron chi connectivity index (χ1n) is 8.10. The maximum Gasteiger partial charge on any atom is -0.00615 e. The van der Waals surface area contributed by atoms with E-state index in [1.54, 1.807) is 0 Å². The van der Waals surface area contributed by atoms with Gasteiger partial charge in [0.25, 0.3) is 0 Å². The van der Waals surface area contributed by atoms with Crippen molar-refractivity contribution in [2.45, 2.75) is 25.7 Å². The molecule has 0 saturated carbocycles. The quantitative estimate of drug-likeness (QED) is 0.566. The fourth-order valence-corrected chi connectivity index (χ4v) is 3.28. The zero-order valence-corrected chi connectivity index (χ0v) is 12.7. The highest BCUT2D eigenvalue weighted by atomic mass is 14.1. The minimum Gasteiger partial charge on any atom is -0.0622 e. The van der Waals surface area contributed by atoms with Crippen molar-refractivity contribution in [3.05, 3.63) is 83.9 Å². The van der Waals surface area contributed by atoms with E-state index in [0.29, 0.717) is 0 Å². The summed E-state index contributed by atoms with van der Waals surface area (Å²) in [5.41, 5.74) is 7.94. The third-order valence-corrected chi connectivity index (χ3v) is 4.55. The van der Waals surface area contributed by atoms with Crippen molar-refractivity contribution in [3.63, 3.8) is 0 Å². The van der Waals surface area contributed by atoms with Gasteiger partial charge in [-0.3, -0.25) is 0 Å². The fourth-order valence-electron chi connectivity index (χ4n) is 3.28. The summed E-state index contributed by atoms with van der Waals surface area (Å²) < 4.78 is 0. The van der Waals surface area contributed by atoms with Crippen molar-refractivity contribution in [2.24, 2.45) is 0 Å². The molecular weight excluding hydrogens is 264 g/mol. The van der Waals surface area contributed by atoms with Crippen LogP contribution in [0.5, 0.6) is 0 Å². The van der Waals surface area contributed by atoms with E-state index in [9.17, 15) is 0 Å². The van der Waals surface area contributed by atoms with E-state index in [-0.39, 0.29) is 0 Å². The van der Waals surface area contributed by atoms with Crippen molar-refractivity contribution in [1.82, 2.24) is 0 Å². The summed E-state index contributed by atoms with van der Waals surface area (Å²) in [5.74, 6) is 0. The molecule has 1 aliphatic rings. The molecule has 0 spiro atoms. The Labute approximate surface area is 132 Å². The third-order valence-electron chi connectivity index (χ3n) is 4.55. The topological polar surface area (TPSA) is 0 Å². The van der Waals surface area contributed by atoms with Gasteiger partial charge in [0.15, 0.2) is 0 Å². The lowest BCUT2D eigenvalue weighted by Crippen LogP contribution is -2.02. The van der Waals surface area contributed by atoms with Crippen LogP contribution in [0.3, 0.4) is 0 Å². The predicted molar refractivity (Wildman–Crippen MR) is 92.8 cm³/mol. The van der Waals surface area contributed by atoms with Gasteiger partial charge in [0.05, 0.1) is 0 Å². The molecule has 0 amide bonds. The highest BCUT2D eigenvalue weighted by molar-refractivity contribution is 5.70. The van der Waals surface area contributed by atoms with Crippen LogP contribution in [0.1, 0.15) is 24.0 Å². The lowest BCUT2D eigenvalue weighted by molar-refractivity contribution is 0.685. The van der Waals surface area contributed by atoms with Crippen LogP contribution in [0.25, 0.3) is 22.3 Å². The monoisotopic (exact) mass is 283 g/mol. The smallest absolute Gasteiger partial charge is 0.00615 e. The first-order valence-corrected chi connectivity index (χ1v) is 8.10. The number of hydrogen-bond donors (Lipinski definition) is 0. The van der Waals surface area contributed by atoms with E-state index in [1.165, 1.54) is 59.1 Å². The van der Waals surface area contributed by atoms with Gasteiger partial charge in [-0.05, 0) is 65.1 Å². The number of hydrogen-bond acceptors (Lipinski definition) is 0. The zero-order valence-electron chi connectivity index (χ0n) is 12.7. The van der Waals surface area contributed by atoms with Crippen LogP contribution in [-0.2, 0) is 12.8 Å². The molecule has 22 heavy (non-hydrogen) atoms. The Morgan fingerprint density at radius 2 is 1.27 bits per heavy atom. The molecule has 0 aromatic heterocycles. The molecule has 3 aromatic carbocycles. The first kappa shape index (κ1) is 13.3. The second kappa shape index (κ2) is 5.81. The Hall–Kier alpha value is -2.34. The summed E-state index contributed by atoms with van der Waals surface area (Å²) in [4.78, 5) is 0. The van der Waals surface area contributed by atoms with Crippen LogP contribution in [-0.4, -0.2) is 0 Å². The number of fused-ring (bicyclic) bond motifs is 1. The molecule has 0 nitrogen and oxygen atoms in total. The largest absolute Gasteiger partial charge is 0.0622 e. The number of aryl methyl sites for hydroxylation is 2. The van der Waals surface area contributed by atoms with Gasteiger partial charge < -0.3 is 0 Å². The molecule has 0 heterocycles. The van der Waals surface area contributed by atoms with Gasteiger partial charge in [-0.25, -0.2) is 0 Å². The summed E-state index contributed by atoms with van der Waals surface area (Å²) in [7, 11) is 0. The Morgan fingerprint density at radius 1 is 0.591 bits per heavy atom. The van der Waals surface area contributed by atoms with Crippen molar-refractivity contribution >= 4 is 0 Å². The molecule has 0 N–H and O–H groups in total. The molecule has 1 aliphatic carbocycles. The normalized spacial score (nSPS) is 13.6. The summed E-state index contributed by atoms with van der Waals surface area (Å²) in [6.45, 7) is 0. The molecular formula is C22H19. The summed E-state index contributed by atoms with van der Waals surface area (Å²) in [6, 6.07) is 27.5. The van der Waals surface area contributed by atoms with Crippen molar-refractivity contribution in [3.8, 4) is 22.3 Å². The van der Waals surface area contributed by atoms with Gasteiger partial charge in [0.1, 0.15) is 0 Å². The van der Waals surface area contributed by atoms with Gasteiger partial charge in [-0.1, -0.05) is 66.7 Å². The van der Waals surface area contributed by atoms with E-state index in [0.717, 1.165) is 0 Å². The molecule has 0 atom stereocenters. The number of benzene rings is 3. The SMILES string of the molecule is [c]1c(-c2ccc(-c3ccccc3)cc2)ccc2c1CCCC2. The third kappa shape index (κ3) is 2.57. The van der Waals surface area contributed by atoms with Crippen LogP contribution in [0.15, 0.2) is 66.7 Å². The maximum atomic E-state index is 3.64. The first-order chi connectivity index (χ1) is 10.9. The van der Waals surface area contributed by atoms with Gasteiger partial charge in [-0.2, -0.15) is 0 Å². The Kier molecular flexibility index (Phi) is 3.52. The minimum absolute atomic E-state index is 1.19. The Balaban J connectivity index is 1.66. The molecule has 0 heteroatoms. The molecule has 0 saturated heterocycles. The summed E-state index contributed by atoms with van der Waals surface area (Å²) in [6.07, 6.45) is 5.04. The predicted octanol–water partition coefficient (Wildman–Crippen LogP) is 5.70. The van der Waals surface area contributed by atoms with Crippen LogP contribution < -0.4 is 0 Å². The van der Waals surface area contributed by atoms with Gasteiger partial charge >= 0.3 is 0 Å². The van der Waals surface area contributed by atoms with Gasteiger partial charge in [0.2, 0.25) is 0 Å². The highest BCUT2D eigenvalue weighted by Gasteiger charge is 2.10. The standard InChI is InChI=1S/C22H19/c1-2-6-17(7-3-1)19-10-12-20(13-11-19)22-15-14-18-8-4-5-9-21(18)16-22/h1-3,6-7,10-15H,4-5,8-9H2. The Morgan fingerprint density at radius 3 is 2.09 bits per heavy atom. The molecule has 0 aliphatic heterocycles. The van der Waals surface area contributed by atoms with Gasteiger partial charge in [0, 0.05) is 0 Å². The van der Waals surface area contributed by atoms with Crippen molar-refractivity contribution in [2.75, 3.05) is 0 Å². The lowest BCUT2D eigenvalue weighted by Gasteiger charge is -2.16. The van der Waals surface area contributed by atoms with E-state index in [2.05, 4.69) is 72.8 Å². The van der Waals surface area contributed by atoms with Gasteiger partial charge in [-0.15, -0.1) is 0 Å².